The SMILES string of the molecule is Cc1ccc(-n2c(SCC(=O)c3ccc(Cl)cc3)nc3sc4c(c3c2=O)CCCC4)cc1. The second kappa shape index (κ2) is 8.85. The van der Waals surface area contributed by atoms with Gasteiger partial charge in [0, 0.05) is 15.5 Å². The molecule has 0 saturated carbocycles. The van der Waals surface area contributed by atoms with Crippen molar-refractivity contribution in [3.8, 4) is 5.69 Å². The van der Waals surface area contributed by atoms with Crippen molar-refractivity contribution in [1.29, 1.82) is 0 Å². The van der Waals surface area contributed by atoms with Gasteiger partial charge in [0.05, 0.1) is 16.8 Å². The van der Waals surface area contributed by atoms with Crippen LogP contribution in [0.1, 0.15) is 39.2 Å². The second-order valence-corrected chi connectivity index (χ2v) is 10.4. The Bertz CT molecular complexity index is 1370. The van der Waals surface area contributed by atoms with Crippen molar-refractivity contribution >= 4 is 50.7 Å². The number of carbonyl (C=O) groups excluding carboxylic acids is 1. The minimum absolute atomic E-state index is 0.0260. The number of hydrogen-bond acceptors (Lipinski definition) is 5. The predicted molar refractivity (Wildman–Crippen MR) is 133 cm³/mol. The number of thiophene rings is 1. The summed E-state index contributed by atoms with van der Waals surface area (Å²) in [6, 6.07) is 14.7. The fraction of sp³-hybridized carbons (Fsp3) is 0.240. The van der Waals surface area contributed by atoms with Gasteiger partial charge in [0.25, 0.3) is 5.56 Å². The van der Waals surface area contributed by atoms with E-state index in [0.29, 0.717) is 15.7 Å². The van der Waals surface area contributed by atoms with E-state index >= 15 is 0 Å². The monoisotopic (exact) mass is 480 g/mol. The third kappa shape index (κ3) is 4.03. The smallest absolute Gasteiger partial charge is 0.267 e. The van der Waals surface area contributed by atoms with E-state index in [0.717, 1.165) is 47.2 Å². The molecular formula is C25H21ClN2O2S2. The molecular weight excluding hydrogens is 460 g/mol. The Balaban J connectivity index is 1.59. The lowest BCUT2D eigenvalue weighted by Crippen LogP contribution is -2.22. The fourth-order valence-electron chi connectivity index (χ4n) is 4.05. The predicted octanol–water partition coefficient (Wildman–Crippen LogP) is 6.26. The molecule has 0 aliphatic heterocycles. The topological polar surface area (TPSA) is 52.0 Å². The van der Waals surface area contributed by atoms with Gasteiger partial charge in [-0.15, -0.1) is 11.3 Å². The molecule has 0 N–H and O–H groups in total. The number of rotatable bonds is 5. The standard InChI is InChI=1S/C25H21ClN2O2S2/c1-15-6-12-18(13-7-15)28-24(30)22-19-4-2-3-5-21(19)32-23(22)27-25(28)31-14-20(29)16-8-10-17(26)11-9-16/h6-13H,2-5,14H2,1H3. The van der Waals surface area contributed by atoms with Gasteiger partial charge in [0.2, 0.25) is 0 Å². The van der Waals surface area contributed by atoms with Gasteiger partial charge >= 0.3 is 0 Å². The van der Waals surface area contributed by atoms with Crippen molar-refractivity contribution in [3.63, 3.8) is 0 Å². The molecule has 32 heavy (non-hydrogen) atoms. The first-order valence-electron chi connectivity index (χ1n) is 10.6. The highest BCUT2D eigenvalue weighted by molar-refractivity contribution is 7.99. The number of aryl methyl sites for hydroxylation is 3. The lowest BCUT2D eigenvalue weighted by Gasteiger charge is -2.14. The van der Waals surface area contributed by atoms with Gasteiger partial charge in [0.1, 0.15) is 4.83 Å². The average molecular weight is 481 g/mol. The van der Waals surface area contributed by atoms with Gasteiger partial charge in [-0.1, -0.05) is 41.1 Å². The van der Waals surface area contributed by atoms with Crippen LogP contribution in [0.5, 0.6) is 0 Å². The normalized spacial score (nSPS) is 13.3. The van der Waals surface area contributed by atoms with Crippen LogP contribution in [0, 0.1) is 6.92 Å². The zero-order valence-electron chi connectivity index (χ0n) is 17.6. The van der Waals surface area contributed by atoms with Crippen molar-refractivity contribution in [2.75, 3.05) is 5.75 Å². The Morgan fingerprint density at radius 2 is 1.81 bits per heavy atom. The molecule has 0 radical (unpaired) electrons. The van der Waals surface area contributed by atoms with Gasteiger partial charge in [-0.25, -0.2) is 4.98 Å². The van der Waals surface area contributed by atoms with Crippen LogP contribution in [0.15, 0.2) is 58.5 Å². The van der Waals surface area contributed by atoms with Crippen molar-refractivity contribution in [2.24, 2.45) is 0 Å². The number of nitrogens with zero attached hydrogens (tertiary/aromatic N) is 2. The van der Waals surface area contributed by atoms with Crippen LogP contribution in [0.4, 0.5) is 0 Å². The Kier molecular flexibility index (Phi) is 5.93. The van der Waals surface area contributed by atoms with E-state index in [4.69, 9.17) is 16.6 Å². The van der Waals surface area contributed by atoms with E-state index in [1.807, 2.05) is 31.2 Å². The second-order valence-electron chi connectivity index (χ2n) is 7.98. The molecule has 7 heteroatoms. The summed E-state index contributed by atoms with van der Waals surface area (Å²) in [5.74, 6) is 0.165. The minimum atomic E-state index is -0.0419. The number of benzene rings is 2. The molecule has 5 rings (SSSR count). The molecule has 0 unspecified atom stereocenters. The van der Waals surface area contributed by atoms with E-state index in [2.05, 4.69) is 0 Å². The maximum Gasteiger partial charge on any atom is 0.267 e. The number of hydrogen-bond donors (Lipinski definition) is 0. The molecule has 1 aliphatic carbocycles. The first-order chi connectivity index (χ1) is 15.5. The van der Waals surface area contributed by atoms with Crippen molar-refractivity contribution in [2.45, 2.75) is 37.8 Å². The van der Waals surface area contributed by atoms with Crippen LogP contribution in [-0.2, 0) is 12.8 Å². The van der Waals surface area contributed by atoms with Gasteiger partial charge in [-0.2, -0.15) is 0 Å². The molecule has 0 amide bonds. The lowest BCUT2D eigenvalue weighted by molar-refractivity contribution is 0.102. The molecule has 0 bridgehead atoms. The molecule has 2 aromatic heterocycles. The fourth-order valence-corrected chi connectivity index (χ4v) is 6.39. The van der Waals surface area contributed by atoms with Crippen molar-refractivity contribution in [1.82, 2.24) is 9.55 Å². The van der Waals surface area contributed by atoms with E-state index in [1.54, 1.807) is 40.2 Å². The molecule has 0 spiro atoms. The van der Waals surface area contributed by atoms with Crippen molar-refractivity contribution < 1.29 is 4.79 Å². The third-order valence-electron chi connectivity index (χ3n) is 5.75. The highest BCUT2D eigenvalue weighted by atomic mass is 35.5. The average Bonchev–Trinajstić information content (AvgIpc) is 3.17. The Hall–Kier alpha value is -2.41. The number of fused-ring (bicyclic) bond motifs is 3. The van der Waals surface area contributed by atoms with Crippen LogP contribution in [-0.4, -0.2) is 21.1 Å². The largest absolute Gasteiger partial charge is 0.293 e. The minimum Gasteiger partial charge on any atom is -0.293 e. The van der Waals surface area contributed by atoms with Gasteiger partial charge in [-0.05, 0) is 74.6 Å². The molecule has 4 aromatic rings. The maximum atomic E-state index is 13.7. The zero-order chi connectivity index (χ0) is 22.2. The van der Waals surface area contributed by atoms with Crippen LogP contribution in [0.2, 0.25) is 5.02 Å². The third-order valence-corrected chi connectivity index (χ3v) is 8.13. The van der Waals surface area contributed by atoms with E-state index in [9.17, 15) is 9.59 Å². The molecule has 162 valence electrons. The van der Waals surface area contributed by atoms with E-state index < -0.39 is 0 Å². The summed E-state index contributed by atoms with van der Waals surface area (Å²) in [7, 11) is 0. The first kappa shape index (κ1) is 21.4. The van der Waals surface area contributed by atoms with Crippen LogP contribution in [0.3, 0.4) is 0 Å². The summed E-state index contributed by atoms with van der Waals surface area (Å²) in [6.07, 6.45) is 4.21. The Morgan fingerprint density at radius 1 is 1.09 bits per heavy atom. The van der Waals surface area contributed by atoms with Crippen LogP contribution >= 0.6 is 34.7 Å². The number of halogens is 1. The highest BCUT2D eigenvalue weighted by Crippen LogP contribution is 2.35. The zero-order valence-corrected chi connectivity index (χ0v) is 19.9. The quantitative estimate of drug-likeness (QED) is 0.192. The number of aromatic nitrogens is 2. The first-order valence-corrected chi connectivity index (χ1v) is 12.7. The number of carbonyl (C=O) groups is 1. The van der Waals surface area contributed by atoms with Gasteiger partial charge in [0.15, 0.2) is 10.9 Å². The van der Waals surface area contributed by atoms with Gasteiger partial charge in [-0.3, -0.25) is 14.2 Å². The Labute approximate surface area is 199 Å². The van der Waals surface area contributed by atoms with E-state index in [1.165, 1.54) is 22.2 Å². The van der Waals surface area contributed by atoms with Crippen LogP contribution < -0.4 is 5.56 Å². The summed E-state index contributed by atoms with van der Waals surface area (Å²) in [5.41, 5.74) is 3.62. The molecule has 2 heterocycles. The summed E-state index contributed by atoms with van der Waals surface area (Å²) >= 11 is 8.87. The molecule has 4 nitrogen and oxygen atoms in total. The van der Waals surface area contributed by atoms with Crippen molar-refractivity contribution in [3.05, 3.63) is 85.5 Å². The summed E-state index contributed by atoms with van der Waals surface area (Å²) < 4.78 is 1.67. The number of Topliss-reactive ketones (excluding diaryl/α,β-unsaturated/α-hetero) is 1. The molecule has 0 atom stereocenters. The summed E-state index contributed by atoms with van der Waals surface area (Å²) in [4.78, 5) is 33.4. The molecule has 2 aromatic carbocycles. The highest BCUT2D eigenvalue weighted by Gasteiger charge is 2.23. The number of thioether (sulfide) groups is 1. The molecule has 1 aliphatic rings. The maximum absolute atomic E-state index is 13.7. The summed E-state index contributed by atoms with van der Waals surface area (Å²) in [6.45, 7) is 2.02. The lowest BCUT2D eigenvalue weighted by atomic mass is 9.97. The summed E-state index contributed by atoms with van der Waals surface area (Å²) in [5, 5.41) is 1.89. The molecule has 0 saturated heterocycles. The van der Waals surface area contributed by atoms with Gasteiger partial charge < -0.3 is 0 Å². The Morgan fingerprint density at radius 3 is 2.56 bits per heavy atom. The number of ketones is 1. The van der Waals surface area contributed by atoms with Crippen LogP contribution in [0.25, 0.3) is 15.9 Å². The van der Waals surface area contributed by atoms with E-state index in [-0.39, 0.29) is 17.1 Å². The molecule has 0 fully saturated rings.